The topological polar surface area (TPSA) is 69.8 Å². The predicted molar refractivity (Wildman–Crippen MR) is 112 cm³/mol. The van der Waals surface area contributed by atoms with Crippen LogP contribution in [0.15, 0.2) is 36.7 Å². The number of aliphatic hydroxyl groups excluding tert-OH is 1. The van der Waals surface area contributed by atoms with Gasteiger partial charge in [-0.2, -0.15) is 5.26 Å². The molecule has 1 heterocycles. The third-order valence-corrected chi connectivity index (χ3v) is 6.68. The normalized spacial score (nSPS) is 23.0. The highest BCUT2D eigenvalue weighted by Crippen LogP contribution is 2.52. The number of fused-ring (bicyclic) bond motifs is 2. The molecule has 0 amide bonds. The van der Waals surface area contributed by atoms with Crippen molar-refractivity contribution in [1.29, 1.82) is 5.26 Å². The van der Waals surface area contributed by atoms with Crippen LogP contribution in [0, 0.1) is 24.1 Å². The number of aromatic nitrogens is 2. The predicted octanol–water partition coefficient (Wildman–Crippen LogP) is 5.62. The molecule has 3 aromatic rings. The lowest BCUT2D eigenvalue weighted by atomic mass is 9.74. The fraction of sp³-hybridized carbons (Fsp3) is 0.320. The highest BCUT2D eigenvalue weighted by molar-refractivity contribution is 5.71. The summed E-state index contributed by atoms with van der Waals surface area (Å²) >= 11 is 0. The third-order valence-electron chi connectivity index (χ3n) is 6.68. The standard InChI is InChI=1S/C25H19F4N3O/c1-12-23(32-7-6-31-12)17-3-2-15(19-10-25(28,29)24(33)22(17)19)16-4-5-20(27)18-9-14(26)8-13(11-30)21(16)18/h2-3,6-9,16,20,24,33H,4-5,10H2,1H3/t16-,20+,24+/m1/s1. The Labute approximate surface area is 187 Å². The third kappa shape index (κ3) is 3.30. The van der Waals surface area contributed by atoms with Gasteiger partial charge in [0.05, 0.1) is 23.0 Å². The molecule has 4 nitrogen and oxygen atoms in total. The molecule has 0 saturated carbocycles. The Hall–Kier alpha value is -3.31. The molecule has 0 bridgehead atoms. The Morgan fingerprint density at radius 1 is 1.09 bits per heavy atom. The lowest BCUT2D eigenvalue weighted by Gasteiger charge is -2.31. The molecule has 0 unspecified atom stereocenters. The highest BCUT2D eigenvalue weighted by atomic mass is 19.3. The lowest BCUT2D eigenvalue weighted by molar-refractivity contribution is -0.0966. The van der Waals surface area contributed by atoms with E-state index in [9.17, 15) is 27.9 Å². The number of rotatable bonds is 2. The van der Waals surface area contributed by atoms with Crippen LogP contribution >= 0.6 is 0 Å². The summed E-state index contributed by atoms with van der Waals surface area (Å²) in [5, 5.41) is 20.2. The quantitative estimate of drug-likeness (QED) is 0.511. The smallest absolute Gasteiger partial charge is 0.281 e. The maximum Gasteiger partial charge on any atom is 0.281 e. The Bertz CT molecular complexity index is 1320. The molecule has 3 atom stereocenters. The van der Waals surface area contributed by atoms with Crippen molar-refractivity contribution in [2.24, 2.45) is 0 Å². The molecular formula is C25H19F4N3O. The highest BCUT2D eigenvalue weighted by Gasteiger charge is 2.50. The molecule has 0 fully saturated rings. The second-order valence-electron chi connectivity index (χ2n) is 8.59. The van der Waals surface area contributed by atoms with E-state index in [4.69, 9.17) is 0 Å². The van der Waals surface area contributed by atoms with Crippen LogP contribution in [0.3, 0.4) is 0 Å². The van der Waals surface area contributed by atoms with E-state index in [0.717, 1.165) is 12.1 Å². The maximum atomic E-state index is 14.8. The average Bonchev–Trinajstić information content (AvgIpc) is 3.03. The molecular weight excluding hydrogens is 434 g/mol. The fourth-order valence-electron chi connectivity index (χ4n) is 5.24. The zero-order valence-corrected chi connectivity index (χ0v) is 17.6. The Morgan fingerprint density at radius 3 is 2.58 bits per heavy atom. The molecule has 0 saturated heterocycles. The zero-order valence-electron chi connectivity index (χ0n) is 17.6. The number of halogens is 4. The Balaban J connectivity index is 1.76. The first-order valence-corrected chi connectivity index (χ1v) is 10.6. The summed E-state index contributed by atoms with van der Waals surface area (Å²) in [6.45, 7) is 1.70. The Kier molecular flexibility index (Phi) is 4.98. The summed E-state index contributed by atoms with van der Waals surface area (Å²) in [6, 6.07) is 7.35. The van der Waals surface area contributed by atoms with Crippen LogP contribution in [0.25, 0.3) is 11.3 Å². The number of hydrogen-bond acceptors (Lipinski definition) is 4. The van der Waals surface area contributed by atoms with E-state index >= 15 is 0 Å². The van der Waals surface area contributed by atoms with E-state index in [0.29, 0.717) is 28.1 Å². The average molecular weight is 453 g/mol. The molecule has 1 N–H and O–H groups in total. The van der Waals surface area contributed by atoms with Gasteiger partial charge < -0.3 is 5.11 Å². The number of alkyl halides is 3. The molecule has 168 valence electrons. The molecule has 0 radical (unpaired) electrons. The van der Waals surface area contributed by atoms with Gasteiger partial charge >= 0.3 is 0 Å². The number of aliphatic hydroxyl groups is 1. The number of hydrogen-bond donors (Lipinski definition) is 1. The maximum absolute atomic E-state index is 14.8. The minimum absolute atomic E-state index is 0.00903. The van der Waals surface area contributed by atoms with E-state index in [1.54, 1.807) is 19.1 Å². The van der Waals surface area contributed by atoms with Crippen LogP contribution in [0.5, 0.6) is 0 Å². The van der Waals surface area contributed by atoms with Gasteiger partial charge in [0.2, 0.25) is 0 Å². The van der Waals surface area contributed by atoms with E-state index in [2.05, 4.69) is 9.97 Å². The van der Waals surface area contributed by atoms with Crippen molar-refractivity contribution in [2.75, 3.05) is 0 Å². The number of nitriles is 1. The van der Waals surface area contributed by atoms with E-state index in [1.807, 2.05) is 6.07 Å². The van der Waals surface area contributed by atoms with Gasteiger partial charge in [0.15, 0.2) is 0 Å². The molecule has 2 aliphatic rings. The minimum atomic E-state index is -3.40. The van der Waals surface area contributed by atoms with E-state index in [1.165, 1.54) is 12.4 Å². The van der Waals surface area contributed by atoms with Gasteiger partial charge in [0.1, 0.15) is 18.1 Å². The van der Waals surface area contributed by atoms with Gasteiger partial charge in [-0.3, -0.25) is 9.97 Å². The van der Waals surface area contributed by atoms with Crippen molar-refractivity contribution in [3.63, 3.8) is 0 Å². The minimum Gasteiger partial charge on any atom is -0.382 e. The largest absolute Gasteiger partial charge is 0.382 e. The number of nitrogens with zero attached hydrogens (tertiary/aromatic N) is 3. The van der Waals surface area contributed by atoms with Crippen molar-refractivity contribution < 1.29 is 22.7 Å². The van der Waals surface area contributed by atoms with Gasteiger partial charge in [-0.05, 0) is 59.7 Å². The van der Waals surface area contributed by atoms with Crippen molar-refractivity contribution in [2.45, 2.75) is 50.3 Å². The van der Waals surface area contributed by atoms with Gasteiger partial charge in [-0.1, -0.05) is 12.1 Å². The summed E-state index contributed by atoms with van der Waals surface area (Å²) in [7, 11) is 0. The van der Waals surface area contributed by atoms with Crippen LogP contribution in [-0.2, 0) is 6.42 Å². The summed E-state index contributed by atoms with van der Waals surface area (Å²) in [6.07, 6.45) is -0.885. The first-order chi connectivity index (χ1) is 15.7. The molecule has 33 heavy (non-hydrogen) atoms. The van der Waals surface area contributed by atoms with E-state index in [-0.39, 0.29) is 35.1 Å². The fourth-order valence-corrected chi connectivity index (χ4v) is 5.24. The van der Waals surface area contributed by atoms with Crippen molar-refractivity contribution in [3.8, 4) is 17.3 Å². The van der Waals surface area contributed by atoms with Crippen molar-refractivity contribution in [1.82, 2.24) is 9.97 Å². The monoisotopic (exact) mass is 453 g/mol. The molecule has 8 heteroatoms. The first kappa shape index (κ1) is 21.5. The van der Waals surface area contributed by atoms with Crippen LogP contribution < -0.4 is 0 Å². The SMILES string of the molecule is Cc1nccnc1-c1ccc([C@H]2CC[C@H](F)c3cc(F)cc(C#N)c32)c2c1[C@H](O)C(F)(F)C2. The second-order valence-corrected chi connectivity index (χ2v) is 8.59. The van der Waals surface area contributed by atoms with Crippen LogP contribution in [-0.4, -0.2) is 21.0 Å². The number of benzene rings is 2. The molecule has 2 aliphatic carbocycles. The molecule has 5 rings (SSSR count). The van der Waals surface area contributed by atoms with Crippen LogP contribution in [0.4, 0.5) is 17.6 Å². The van der Waals surface area contributed by atoms with Gasteiger partial charge in [-0.15, -0.1) is 0 Å². The summed E-state index contributed by atoms with van der Waals surface area (Å²) in [5.74, 6) is -4.69. The molecule has 0 spiro atoms. The van der Waals surface area contributed by atoms with Crippen molar-refractivity contribution >= 4 is 0 Å². The van der Waals surface area contributed by atoms with Gasteiger partial charge in [0, 0.05) is 30.3 Å². The summed E-state index contributed by atoms with van der Waals surface area (Å²) < 4.78 is 58.3. The van der Waals surface area contributed by atoms with Crippen LogP contribution in [0.2, 0.25) is 0 Å². The van der Waals surface area contributed by atoms with Crippen LogP contribution in [0.1, 0.15) is 70.1 Å². The Morgan fingerprint density at radius 2 is 1.85 bits per heavy atom. The van der Waals surface area contributed by atoms with E-state index < -0.39 is 36.4 Å². The second kappa shape index (κ2) is 7.63. The van der Waals surface area contributed by atoms with Gasteiger partial charge in [0.25, 0.3) is 5.92 Å². The lowest BCUT2D eigenvalue weighted by Crippen LogP contribution is -2.22. The molecule has 0 aliphatic heterocycles. The molecule has 1 aromatic heterocycles. The number of aryl methyl sites for hydroxylation is 1. The summed E-state index contributed by atoms with van der Waals surface area (Å²) in [4.78, 5) is 8.46. The van der Waals surface area contributed by atoms with Gasteiger partial charge in [-0.25, -0.2) is 17.6 Å². The zero-order chi connectivity index (χ0) is 23.5. The summed E-state index contributed by atoms with van der Waals surface area (Å²) in [5.41, 5.74) is 2.51. The molecule has 2 aromatic carbocycles. The first-order valence-electron chi connectivity index (χ1n) is 10.6. The van der Waals surface area contributed by atoms with Crippen molar-refractivity contribution in [3.05, 3.63) is 81.6 Å².